The van der Waals surface area contributed by atoms with Crippen molar-refractivity contribution in [2.24, 2.45) is 0 Å². The first-order valence-electron chi connectivity index (χ1n) is 6.51. The topological polar surface area (TPSA) is 62.2 Å². The van der Waals surface area contributed by atoms with Crippen LogP contribution in [0, 0.1) is 0 Å². The molecule has 2 rings (SSSR count). The number of nitrogens with one attached hydrogen (secondary N) is 1. The second-order valence-corrected chi connectivity index (χ2v) is 4.95. The maximum Gasteiger partial charge on any atom is 0.223 e. The number of nitrogens with zero attached hydrogens (tertiary/aromatic N) is 1. The molecule has 0 saturated carbocycles. The van der Waals surface area contributed by atoms with E-state index in [4.69, 9.17) is 0 Å². The van der Waals surface area contributed by atoms with Gasteiger partial charge in [-0.15, -0.1) is 0 Å². The van der Waals surface area contributed by atoms with Crippen LogP contribution in [0.4, 0.5) is 0 Å². The van der Waals surface area contributed by atoms with Gasteiger partial charge in [0.2, 0.25) is 5.91 Å². The largest absolute Gasteiger partial charge is 0.385 e. The zero-order valence-electron chi connectivity index (χ0n) is 11.4. The van der Waals surface area contributed by atoms with E-state index < -0.39 is 5.60 Å². The Morgan fingerprint density at radius 3 is 2.65 bits per heavy atom. The smallest absolute Gasteiger partial charge is 0.223 e. The molecule has 0 aliphatic heterocycles. The van der Waals surface area contributed by atoms with Crippen LogP contribution < -0.4 is 5.32 Å². The summed E-state index contributed by atoms with van der Waals surface area (Å²) in [6.07, 6.45) is 3.42. The molecule has 0 aliphatic rings. The summed E-state index contributed by atoms with van der Waals surface area (Å²) in [6.45, 7) is 2.06. The van der Waals surface area contributed by atoms with Crippen LogP contribution in [0.1, 0.15) is 24.5 Å². The predicted octanol–water partition coefficient (Wildman–Crippen LogP) is 2.00. The third-order valence-corrected chi connectivity index (χ3v) is 3.11. The van der Waals surface area contributed by atoms with E-state index in [1.165, 1.54) is 0 Å². The third-order valence-electron chi connectivity index (χ3n) is 3.11. The predicted molar refractivity (Wildman–Crippen MR) is 76.7 cm³/mol. The Hall–Kier alpha value is -2.20. The number of rotatable bonds is 5. The zero-order valence-corrected chi connectivity index (χ0v) is 11.4. The van der Waals surface area contributed by atoms with Crippen molar-refractivity contribution in [2.45, 2.75) is 25.5 Å². The van der Waals surface area contributed by atoms with Crippen molar-refractivity contribution in [1.82, 2.24) is 10.3 Å². The van der Waals surface area contributed by atoms with Gasteiger partial charge in [-0.25, -0.2) is 0 Å². The molecule has 1 aromatic heterocycles. The van der Waals surface area contributed by atoms with E-state index in [0.29, 0.717) is 6.54 Å². The van der Waals surface area contributed by atoms with E-state index >= 15 is 0 Å². The van der Waals surface area contributed by atoms with E-state index in [1.807, 2.05) is 42.5 Å². The normalized spacial score (nSPS) is 13.5. The van der Waals surface area contributed by atoms with Gasteiger partial charge in [0.05, 0.1) is 12.0 Å². The van der Waals surface area contributed by atoms with Crippen LogP contribution in [0.2, 0.25) is 0 Å². The Bertz CT molecular complexity index is 553. The molecule has 4 nitrogen and oxygen atoms in total. The van der Waals surface area contributed by atoms with Crippen LogP contribution in [-0.4, -0.2) is 16.0 Å². The summed E-state index contributed by atoms with van der Waals surface area (Å²) in [4.78, 5) is 15.9. The molecule has 1 unspecified atom stereocenters. The number of hydrogen-bond acceptors (Lipinski definition) is 3. The Labute approximate surface area is 118 Å². The van der Waals surface area contributed by atoms with Gasteiger partial charge in [-0.05, 0) is 24.1 Å². The van der Waals surface area contributed by atoms with E-state index in [0.717, 1.165) is 11.1 Å². The second-order valence-electron chi connectivity index (χ2n) is 4.95. The molecule has 0 saturated heterocycles. The molecular formula is C16H18N2O2. The summed E-state index contributed by atoms with van der Waals surface area (Å²) < 4.78 is 0. The first-order chi connectivity index (χ1) is 9.58. The lowest BCUT2D eigenvalue weighted by Crippen LogP contribution is -2.32. The van der Waals surface area contributed by atoms with Crippen LogP contribution in [-0.2, 0) is 16.9 Å². The monoisotopic (exact) mass is 270 g/mol. The molecular weight excluding hydrogens is 252 g/mol. The summed E-state index contributed by atoms with van der Waals surface area (Å²) in [6, 6.07) is 12.9. The molecule has 1 atom stereocenters. The van der Waals surface area contributed by atoms with Crippen molar-refractivity contribution in [3.63, 3.8) is 0 Å². The highest BCUT2D eigenvalue weighted by atomic mass is 16.3. The van der Waals surface area contributed by atoms with Crippen molar-refractivity contribution in [1.29, 1.82) is 0 Å². The van der Waals surface area contributed by atoms with Gasteiger partial charge in [0.25, 0.3) is 0 Å². The maximum absolute atomic E-state index is 11.9. The Balaban J connectivity index is 1.91. The summed E-state index contributed by atoms with van der Waals surface area (Å²) in [7, 11) is 0. The van der Waals surface area contributed by atoms with Gasteiger partial charge in [-0.2, -0.15) is 0 Å². The quantitative estimate of drug-likeness (QED) is 0.873. The van der Waals surface area contributed by atoms with Gasteiger partial charge in [-0.3, -0.25) is 9.78 Å². The Morgan fingerprint density at radius 1 is 1.25 bits per heavy atom. The van der Waals surface area contributed by atoms with Gasteiger partial charge in [0, 0.05) is 18.9 Å². The van der Waals surface area contributed by atoms with Crippen LogP contribution in [0.3, 0.4) is 0 Å². The fourth-order valence-corrected chi connectivity index (χ4v) is 1.98. The minimum Gasteiger partial charge on any atom is -0.385 e. The summed E-state index contributed by atoms with van der Waals surface area (Å²) in [5, 5.41) is 13.2. The molecule has 0 radical (unpaired) electrons. The van der Waals surface area contributed by atoms with Crippen LogP contribution in [0.25, 0.3) is 0 Å². The van der Waals surface area contributed by atoms with Crippen LogP contribution >= 0.6 is 0 Å². The van der Waals surface area contributed by atoms with Crippen LogP contribution in [0.5, 0.6) is 0 Å². The lowest BCUT2D eigenvalue weighted by molar-refractivity contribution is -0.126. The van der Waals surface area contributed by atoms with Crippen molar-refractivity contribution in [3.8, 4) is 0 Å². The molecule has 4 heteroatoms. The Morgan fingerprint density at radius 2 is 2.00 bits per heavy atom. The van der Waals surface area contributed by atoms with Crippen molar-refractivity contribution in [2.75, 3.05) is 0 Å². The highest BCUT2D eigenvalue weighted by Gasteiger charge is 2.26. The van der Waals surface area contributed by atoms with Crippen molar-refractivity contribution in [3.05, 3.63) is 66.0 Å². The summed E-state index contributed by atoms with van der Waals surface area (Å²) in [5.74, 6) is -0.192. The molecule has 1 heterocycles. The van der Waals surface area contributed by atoms with Gasteiger partial charge < -0.3 is 10.4 Å². The number of aliphatic hydroxyl groups is 1. The number of benzene rings is 1. The van der Waals surface area contributed by atoms with Gasteiger partial charge in [0.15, 0.2) is 0 Å². The lowest BCUT2D eigenvalue weighted by Gasteiger charge is -2.23. The minimum absolute atomic E-state index is 0.0251. The first-order valence-corrected chi connectivity index (χ1v) is 6.51. The fourth-order valence-electron chi connectivity index (χ4n) is 1.98. The molecule has 1 amide bonds. The zero-order chi connectivity index (χ0) is 14.4. The average molecular weight is 270 g/mol. The van der Waals surface area contributed by atoms with Gasteiger partial charge >= 0.3 is 0 Å². The number of pyridine rings is 1. The molecule has 0 fully saturated rings. The van der Waals surface area contributed by atoms with Gasteiger partial charge in [-0.1, -0.05) is 36.4 Å². The number of aromatic nitrogens is 1. The number of amides is 1. The van der Waals surface area contributed by atoms with E-state index in [-0.39, 0.29) is 12.3 Å². The minimum atomic E-state index is -1.17. The molecule has 0 bridgehead atoms. The second kappa shape index (κ2) is 6.30. The van der Waals surface area contributed by atoms with Crippen molar-refractivity contribution < 1.29 is 9.90 Å². The Kier molecular flexibility index (Phi) is 4.48. The lowest BCUT2D eigenvalue weighted by atomic mass is 9.92. The van der Waals surface area contributed by atoms with Crippen molar-refractivity contribution >= 4 is 5.91 Å². The molecule has 1 aromatic carbocycles. The van der Waals surface area contributed by atoms with E-state index in [2.05, 4.69) is 10.3 Å². The SMILES string of the molecule is CC(O)(CC(=O)NCc1cccnc1)c1ccccc1. The van der Waals surface area contributed by atoms with E-state index in [1.54, 1.807) is 19.3 Å². The average Bonchev–Trinajstić information content (AvgIpc) is 2.47. The molecule has 2 N–H and O–H groups in total. The number of hydrogen-bond donors (Lipinski definition) is 2. The standard InChI is InChI=1S/C16H18N2O2/c1-16(20,14-7-3-2-4-8-14)10-15(19)18-12-13-6-5-9-17-11-13/h2-9,11,20H,10,12H2,1H3,(H,18,19). The molecule has 20 heavy (non-hydrogen) atoms. The van der Waals surface area contributed by atoms with E-state index in [9.17, 15) is 9.90 Å². The first kappa shape index (κ1) is 14.2. The highest BCUT2D eigenvalue weighted by Crippen LogP contribution is 2.23. The third kappa shape index (κ3) is 3.90. The summed E-state index contributed by atoms with van der Waals surface area (Å²) in [5.41, 5.74) is 0.497. The number of carbonyl (C=O) groups is 1. The summed E-state index contributed by atoms with van der Waals surface area (Å²) >= 11 is 0. The fraction of sp³-hybridized carbons (Fsp3) is 0.250. The molecule has 104 valence electrons. The van der Waals surface area contributed by atoms with Gasteiger partial charge in [0.1, 0.15) is 0 Å². The highest BCUT2D eigenvalue weighted by molar-refractivity contribution is 5.77. The molecule has 0 aliphatic carbocycles. The molecule has 0 spiro atoms. The number of carbonyl (C=O) groups excluding carboxylic acids is 1. The molecule has 2 aromatic rings. The van der Waals surface area contributed by atoms with Crippen LogP contribution in [0.15, 0.2) is 54.9 Å². The maximum atomic E-state index is 11.9.